The molecular formula is C28H28F3N7O3. The molecule has 1 saturated heterocycles. The molecule has 1 aromatic carbocycles. The third kappa shape index (κ3) is 5.57. The van der Waals surface area contributed by atoms with Crippen molar-refractivity contribution >= 4 is 29.0 Å². The van der Waals surface area contributed by atoms with Crippen molar-refractivity contribution in [1.29, 1.82) is 0 Å². The number of aromatic nitrogens is 4. The van der Waals surface area contributed by atoms with Crippen LogP contribution in [0.15, 0.2) is 55.0 Å². The Morgan fingerprint density at radius 1 is 1.12 bits per heavy atom. The molecule has 10 nitrogen and oxygen atoms in total. The van der Waals surface area contributed by atoms with Gasteiger partial charge in [-0.1, -0.05) is 26.0 Å². The fourth-order valence-electron chi connectivity index (χ4n) is 4.71. The van der Waals surface area contributed by atoms with E-state index >= 15 is 0 Å². The highest BCUT2D eigenvalue weighted by Gasteiger charge is 2.34. The number of nitrogen functional groups attached to an aromatic ring is 1. The first kappa shape index (κ1) is 28.0. The molecule has 0 saturated carbocycles. The van der Waals surface area contributed by atoms with Gasteiger partial charge in [0.05, 0.1) is 24.8 Å². The average Bonchev–Trinajstić information content (AvgIpc) is 3.33. The number of amides is 2. The second-order valence-corrected chi connectivity index (χ2v) is 10.1. The highest BCUT2D eigenvalue weighted by molar-refractivity contribution is 6.04. The lowest BCUT2D eigenvalue weighted by molar-refractivity contribution is -0.148. The topological polar surface area (TPSA) is 128 Å². The first-order chi connectivity index (χ1) is 19.4. The maximum atomic E-state index is 13.0. The van der Waals surface area contributed by atoms with Crippen LogP contribution in [0, 0.1) is 5.92 Å². The van der Waals surface area contributed by atoms with E-state index < -0.39 is 23.8 Å². The summed E-state index contributed by atoms with van der Waals surface area (Å²) in [7, 11) is 0. The van der Waals surface area contributed by atoms with Gasteiger partial charge in [0.2, 0.25) is 5.91 Å². The lowest BCUT2D eigenvalue weighted by atomic mass is 10.1. The molecule has 214 valence electrons. The SMILES string of the molecule is CC(C)C(=O)N1C[C@H](c2nc(-c3ccc(C(=O)Nc4cc(C(F)(F)F)ccn4)cc3)c3c(N)nccn23)OC[C@@H]1C. The molecule has 1 aliphatic rings. The lowest BCUT2D eigenvalue weighted by Gasteiger charge is -2.38. The normalized spacial score (nSPS) is 17.7. The number of ether oxygens (including phenoxy) is 1. The number of pyridine rings is 1. The molecule has 4 aromatic rings. The van der Waals surface area contributed by atoms with Crippen molar-refractivity contribution in [2.24, 2.45) is 5.92 Å². The zero-order chi connectivity index (χ0) is 29.5. The fourth-order valence-corrected chi connectivity index (χ4v) is 4.71. The van der Waals surface area contributed by atoms with Gasteiger partial charge in [-0.2, -0.15) is 13.2 Å². The van der Waals surface area contributed by atoms with Crippen LogP contribution >= 0.6 is 0 Å². The van der Waals surface area contributed by atoms with Gasteiger partial charge in [0.15, 0.2) is 0 Å². The molecule has 1 aliphatic heterocycles. The van der Waals surface area contributed by atoms with Gasteiger partial charge in [0.25, 0.3) is 5.91 Å². The molecule has 5 rings (SSSR count). The van der Waals surface area contributed by atoms with Crippen LogP contribution in [0.2, 0.25) is 0 Å². The molecule has 41 heavy (non-hydrogen) atoms. The van der Waals surface area contributed by atoms with Gasteiger partial charge in [-0.15, -0.1) is 0 Å². The molecule has 0 radical (unpaired) electrons. The number of morpholine rings is 1. The molecule has 13 heteroatoms. The number of halogens is 3. The van der Waals surface area contributed by atoms with E-state index in [4.69, 9.17) is 15.5 Å². The van der Waals surface area contributed by atoms with Gasteiger partial charge in [0.1, 0.15) is 34.8 Å². The fraction of sp³-hybridized carbons (Fsp3) is 0.321. The standard InChI is InChI=1S/C28H28F3N7O3/c1-15(2)27(40)38-13-20(41-14-16(38)3)25-36-22(23-24(32)34-10-11-37(23)25)17-4-6-18(7-5-17)26(39)35-21-12-19(8-9-33-21)28(29,30)31/h4-12,15-16,20H,13-14H2,1-3H3,(H2,32,34)(H,33,35,39)/t16-,20+/m0/s1. The quantitative estimate of drug-likeness (QED) is 0.361. The smallest absolute Gasteiger partial charge is 0.382 e. The van der Waals surface area contributed by atoms with Crippen molar-refractivity contribution in [3.63, 3.8) is 0 Å². The van der Waals surface area contributed by atoms with Gasteiger partial charge in [-0.05, 0) is 31.2 Å². The van der Waals surface area contributed by atoms with Crippen LogP contribution in [-0.4, -0.2) is 55.3 Å². The van der Waals surface area contributed by atoms with Gasteiger partial charge in [-0.3, -0.25) is 14.0 Å². The van der Waals surface area contributed by atoms with Crippen LogP contribution in [0.1, 0.15) is 48.6 Å². The van der Waals surface area contributed by atoms with Gasteiger partial charge < -0.3 is 20.7 Å². The third-order valence-corrected chi connectivity index (χ3v) is 6.86. The van der Waals surface area contributed by atoms with Crippen LogP contribution in [-0.2, 0) is 15.7 Å². The molecule has 0 spiro atoms. The molecule has 1 fully saturated rings. The van der Waals surface area contributed by atoms with E-state index in [9.17, 15) is 22.8 Å². The molecule has 4 heterocycles. The summed E-state index contributed by atoms with van der Waals surface area (Å²) in [5, 5.41) is 2.39. The molecule has 0 bridgehead atoms. The van der Waals surface area contributed by atoms with Gasteiger partial charge in [-0.25, -0.2) is 15.0 Å². The first-order valence-corrected chi connectivity index (χ1v) is 12.9. The van der Waals surface area contributed by atoms with Crippen molar-refractivity contribution in [2.45, 2.75) is 39.1 Å². The number of imidazole rings is 1. The molecule has 0 unspecified atom stereocenters. The Kier molecular flexibility index (Phi) is 7.39. The second-order valence-electron chi connectivity index (χ2n) is 10.1. The molecule has 2 atom stereocenters. The molecule has 0 aliphatic carbocycles. The summed E-state index contributed by atoms with van der Waals surface area (Å²) >= 11 is 0. The lowest BCUT2D eigenvalue weighted by Crippen LogP contribution is -2.49. The number of fused-ring (bicyclic) bond motifs is 1. The Morgan fingerprint density at radius 2 is 1.85 bits per heavy atom. The molecule has 2 amide bonds. The number of hydrogen-bond donors (Lipinski definition) is 2. The minimum atomic E-state index is -4.56. The number of nitrogens with one attached hydrogen (secondary N) is 1. The average molecular weight is 568 g/mol. The van der Waals surface area contributed by atoms with Crippen molar-refractivity contribution in [3.8, 4) is 11.3 Å². The van der Waals surface area contributed by atoms with Gasteiger partial charge >= 0.3 is 6.18 Å². The number of hydrogen-bond acceptors (Lipinski definition) is 7. The number of benzene rings is 1. The predicted molar refractivity (Wildman–Crippen MR) is 145 cm³/mol. The number of carbonyl (C=O) groups excluding carboxylic acids is 2. The highest BCUT2D eigenvalue weighted by Crippen LogP contribution is 2.34. The van der Waals surface area contributed by atoms with E-state index in [1.54, 1.807) is 33.8 Å². The molecule has 3 aromatic heterocycles. The minimum Gasteiger partial charge on any atom is -0.382 e. The number of rotatable bonds is 5. The van der Waals surface area contributed by atoms with Crippen LogP contribution in [0.4, 0.5) is 24.8 Å². The number of alkyl halides is 3. The first-order valence-electron chi connectivity index (χ1n) is 12.9. The number of anilines is 2. The van der Waals surface area contributed by atoms with E-state index in [1.807, 2.05) is 20.8 Å². The Morgan fingerprint density at radius 3 is 2.54 bits per heavy atom. The van der Waals surface area contributed by atoms with Crippen LogP contribution in [0.5, 0.6) is 0 Å². The van der Waals surface area contributed by atoms with Crippen molar-refractivity contribution in [2.75, 3.05) is 24.2 Å². The summed E-state index contributed by atoms with van der Waals surface area (Å²) in [6.45, 7) is 6.32. The Hall–Kier alpha value is -4.52. The predicted octanol–water partition coefficient (Wildman–Crippen LogP) is 4.59. The maximum absolute atomic E-state index is 13.0. The summed E-state index contributed by atoms with van der Waals surface area (Å²) < 4.78 is 46.9. The summed E-state index contributed by atoms with van der Waals surface area (Å²) in [6.07, 6.45) is -0.819. The zero-order valence-corrected chi connectivity index (χ0v) is 22.5. The van der Waals surface area contributed by atoms with E-state index in [0.717, 1.165) is 18.3 Å². The Balaban J connectivity index is 1.43. The zero-order valence-electron chi connectivity index (χ0n) is 22.5. The largest absolute Gasteiger partial charge is 0.416 e. The van der Waals surface area contributed by atoms with Crippen molar-refractivity contribution in [1.82, 2.24) is 24.3 Å². The molecule has 3 N–H and O–H groups in total. The summed E-state index contributed by atoms with van der Waals surface area (Å²) in [5.74, 6) is -0.192. The van der Waals surface area contributed by atoms with Crippen molar-refractivity contribution in [3.05, 3.63) is 71.9 Å². The van der Waals surface area contributed by atoms with Crippen LogP contribution < -0.4 is 11.1 Å². The summed E-state index contributed by atoms with van der Waals surface area (Å²) in [6, 6.07) is 7.88. The summed E-state index contributed by atoms with van der Waals surface area (Å²) in [5.41, 5.74) is 7.21. The summed E-state index contributed by atoms with van der Waals surface area (Å²) in [4.78, 5) is 40.2. The van der Waals surface area contributed by atoms with E-state index in [2.05, 4.69) is 15.3 Å². The second kappa shape index (κ2) is 10.8. The Labute approximate surface area is 233 Å². The monoisotopic (exact) mass is 567 g/mol. The van der Waals surface area contributed by atoms with Gasteiger partial charge in [0, 0.05) is 35.6 Å². The Bertz CT molecular complexity index is 1600. The van der Waals surface area contributed by atoms with Crippen LogP contribution in [0.25, 0.3) is 16.8 Å². The number of nitrogens with two attached hydrogens (primary N) is 1. The minimum absolute atomic E-state index is 0.0299. The number of nitrogens with zero attached hydrogens (tertiary/aromatic N) is 5. The van der Waals surface area contributed by atoms with Crippen LogP contribution in [0.3, 0.4) is 0 Å². The van der Waals surface area contributed by atoms with E-state index in [0.29, 0.717) is 35.8 Å². The van der Waals surface area contributed by atoms with E-state index in [1.165, 1.54) is 12.1 Å². The third-order valence-electron chi connectivity index (χ3n) is 6.86. The number of carbonyl (C=O) groups is 2. The molecular weight excluding hydrogens is 539 g/mol. The van der Waals surface area contributed by atoms with Crippen molar-refractivity contribution < 1.29 is 27.5 Å². The maximum Gasteiger partial charge on any atom is 0.416 e. The highest BCUT2D eigenvalue weighted by atomic mass is 19.4. The van der Waals surface area contributed by atoms with E-state index in [-0.39, 0.29) is 35.1 Å².